The topological polar surface area (TPSA) is 26.3 Å². The zero-order chi connectivity index (χ0) is 10.1. The summed E-state index contributed by atoms with van der Waals surface area (Å²) in [7, 11) is 0. The van der Waals surface area contributed by atoms with Crippen LogP contribution in [0.1, 0.15) is 19.8 Å². The van der Waals surface area contributed by atoms with Crippen LogP contribution in [0.15, 0.2) is 24.3 Å². The monoisotopic (exact) mass is 192 g/mol. The van der Waals surface area contributed by atoms with Gasteiger partial charge in [-0.05, 0) is 31.6 Å². The van der Waals surface area contributed by atoms with Crippen LogP contribution in [0.4, 0.5) is 0 Å². The molecule has 14 heavy (non-hydrogen) atoms. The van der Waals surface area contributed by atoms with Gasteiger partial charge in [-0.15, -0.1) is 0 Å². The molecule has 0 spiro atoms. The summed E-state index contributed by atoms with van der Waals surface area (Å²) in [5.41, 5.74) is 0.674. The van der Waals surface area contributed by atoms with E-state index in [4.69, 9.17) is 4.74 Å². The Morgan fingerprint density at radius 1 is 1.64 bits per heavy atom. The highest BCUT2D eigenvalue weighted by molar-refractivity contribution is 5.89. The maximum absolute atomic E-state index is 11.4. The lowest BCUT2D eigenvalue weighted by Crippen LogP contribution is -2.09. The van der Waals surface area contributed by atoms with Crippen LogP contribution in [0.2, 0.25) is 0 Å². The zero-order valence-corrected chi connectivity index (χ0v) is 8.53. The number of ether oxygens (including phenoxy) is 1. The summed E-state index contributed by atoms with van der Waals surface area (Å²) in [5.74, 6) is 1.39. The Labute approximate surface area is 84.6 Å². The van der Waals surface area contributed by atoms with Crippen molar-refractivity contribution >= 4 is 5.97 Å². The number of carbonyl (C=O) groups is 1. The second kappa shape index (κ2) is 3.60. The molecule has 2 nitrogen and oxygen atoms in total. The van der Waals surface area contributed by atoms with Crippen LogP contribution in [0, 0.1) is 17.8 Å². The molecule has 1 saturated carbocycles. The van der Waals surface area contributed by atoms with Crippen molar-refractivity contribution in [3.05, 3.63) is 24.3 Å². The van der Waals surface area contributed by atoms with Crippen LogP contribution in [0.25, 0.3) is 0 Å². The fraction of sp³-hybridized carbons (Fsp3) is 0.583. The van der Waals surface area contributed by atoms with E-state index >= 15 is 0 Å². The third kappa shape index (κ3) is 1.49. The van der Waals surface area contributed by atoms with Gasteiger partial charge in [-0.2, -0.15) is 0 Å². The van der Waals surface area contributed by atoms with Gasteiger partial charge in [-0.1, -0.05) is 18.7 Å². The summed E-state index contributed by atoms with van der Waals surface area (Å²) in [4.78, 5) is 11.4. The molecule has 2 rings (SSSR count). The molecule has 2 aliphatic rings. The number of carbonyl (C=O) groups excluding carboxylic acids is 1. The first-order valence-electron chi connectivity index (χ1n) is 5.28. The van der Waals surface area contributed by atoms with Crippen molar-refractivity contribution in [2.24, 2.45) is 17.8 Å². The van der Waals surface area contributed by atoms with E-state index in [9.17, 15) is 4.79 Å². The highest BCUT2D eigenvalue weighted by Crippen LogP contribution is 2.56. The first kappa shape index (κ1) is 9.50. The molecule has 0 bridgehead atoms. The Kier molecular flexibility index (Phi) is 2.44. The lowest BCUT2D eigenvalue weighted by molar-refractivity contribution is -0.138. The van der Waals surface area contributed by atoms with Crippen LogP contribution in [0.3, 0.4) is 0 Å². The maximum Gasteiger partial charge on any atom is 0.333 e. The molecule has 0 aliphatic heterocycles. The van der Waals surface area contributed by atoms with Gasteiger partial charge in [-0.3, -0.25) is 0 Å². The van der Waals surface area contributed by atoms with Gasteiger partial charge in [0.25, 0.3) is 0 Å². The van der Waals surface area contributed by atoms with Gasteiger partial charge in [0.2, 0.25) is 0 Å². The predicted molar refractivity (Wildman–Crippen MR) is 54.6 cm³/mol. The van der Waals surface area contributed by atoms with Crippen molar-refractivity contribution in [2.45, 2.75) is 19.8 Å². The molecule has 0 N–H and O–H groups in total. The number of fused-ring (bicyclic) bond motifs is 1. The van der Waals surface area contributed by atoms with Crippen molar-refractivity contribution in [1.29, 1.82) is 0 Å². The van der Waals surface area contributed by atoms with Crippen LogP contribution in [-0.4, -0.2) is 12.6 Å². The highest BCUT2D eigenvalue weighted by Gasteiger charge is 2.51. The number of rotatable bonds is 3. The molecule has 0 radical (unpaired) electrons. The quantitative estimate of drug-likeness (QED) is 0.389. The largest absolute Gasteiger partial charge is 0.463 e. The number of hydrogen-bond acceptors (Lipinski definition) is 2. The Balaban J connectivity index is 1.95. The van der Waals surface area contributed by atoms with Gasteiger partial charge >= 0.3 is 5.97 Å². The van der Waals surface area contributed by atoms with E-state index < -0.39 is 0 Å². The molecule has 1 fully saturated rings. The zero-order valence-electron chi connectivity index (χ0n) is 8.53. The van der Waals surface area contributed by atoms with Crippen molar-refractivity contribution in [2.75, 3.05) is 6.61 Å². The van der Waals surface area contributed by atoms with Gasteiger partial charge < -0.3 is 4.74 Å². The van der Waals surface area contributed by atoms with Crippen LogP contribution in [0.5, 0.6) is 0 Å². The van der Waals surface area contributed by atoms with E-state index in [1.807, 2.05) is 6.92 Å². The second-order valence-corrected chi connectivity index (χ2v) is 4.02. The molecular formula is C12H16O2. The minimum absolute atomic E-state index is 0.208. The Hall–Kier alpha value is -1.05. The number of esters is 1. The highest BCUT2D eigenvalue weighted by atomic mass is 16.5. The molecule has 0 unspecified atom stereocenters. The first-order chi connectivity index (χ1) is 6.75. The molecule has 0 aromatic heterocycles. The number of hydrogen-bond donors (Lipinski definition) is 0. The third-order valence-corrected chi connectivity index (χ3v) is 3.19. The van der Waals surface area contributed by atoms with Crippen LogP contribution < -0.4 is 0 Å². The molecule has 76 valence electrons. The number of allylic oxidation sites excluding steroid dienone is 2. The molecule has 2 heteroatoms. The van der Waals surface area contributed by atoms with E-state index in [-0.39, 0.29) is 5.97 Å². The fourth-order valence-electron chi connectivity index (χ4n) is 2.43. The Morgan fingerprint density at radius 3 is 3.00 bits per heavy atom. The summed E-state index contributed by atoms with van der Waals surface area (Å²) >= 11 is 0. The minimum atomic E-state index is -0.208. The smallest absolute Gasteiger partial charge is 0.333 e. The average molecular weight is 192 g/mol. The van der Waals surface area contributed by atoms with E-state index in [1.54, 1.807) is 0 Å². The summed E-state index contributed by atoms with van der Waals surface area (Å²) in [6.45, 7) is 6.12. The normalized spacial score (nSPS) is 33.4. The standard InChI is InChI=1S/C12H16O2/c1-3-14-12(13)8(2)11-9-6-4-5-7-10(9)11/h4,6,9-11H,2-3,5,7H2,1H3/t9-,10+,11+/m1/s1. The summed E-state index contributed by atoms with van der Waals surface area (Å²) in [6.07, 6.45) is 6.78. The summed E-state index contributed by atoms with van der Waals surface area (Å²) in [5, 5.41) is 0. The van der Waals surface area contributed by atoms with Gasteiger partial charge in [0.05, 0.1) is 6.61 Å². The van der Waals surface area contributed by atoms with E-state index in [1.165, 1.54) is 6.42 Å². The molecule has 0 heterocycles. The van der Waals surface area contributed by atoms with Crippen molar-refractivity contribution in [1.82, 2.24) is 0 Å². The van der Waals surface area contributed by atoms with E-state index in [0.29, 0.717) is 29.9 Å². The van der Waals surface area contributed by atoms with Gasteiger partial charge in [0.1, 0.15) is 0 Å². The molecule has 3 atom stereocenters. The minimum Gasteiger partial charge on any atom is -0.463 e. The van der Waals surface area contributed by atoms with Crippen molar-refractivity contribution in [3.8, 4) is 0 Å². The predicted octanol–water partition coefficient (Wildman–Crippen LogP) is 2.32. The Morgan fingerprint density at radius 2 is 2.43 bits per heavy atom. The lowest BCUT2D eigenvalue weighted by atomic mass is 10.1. The van der Waals surface area contributed by atoms with E-state index in [0.717, 1.165) is 6.42 Å². The summed E-state index contributed by atoms with van der Waals surface area (Å²) < 4.78 is 4.95. The molecule has 2 aliphatic carbocycles. The molecule has 0 aromatic rings. The second-order valence-electron chi connectivity index (χ2n) is 4.02. The van der Waals surface area contributed by atoms with Crippen LogP contribution in [-0.2, 0) is 9.53 Å². The van der Waals surface area contributed by atoms with E-state index in [2.05, 4.69) is 18.7 Å². The van der Waals surface area contributed by atoms with Crippen molar-refractivity contribution in [3.63, 3.8) is 0 Å². The SMILES string of the molecule is C=C(C(=O)OCC)[C@H]1[C@@H]2C=CCC[C@@H]21. The molecular weight excluding hydrogens is 176 g/mol. The molecule has 0 aromatic carbocycles. The maximum atomic E-state index is 11.4. The van der Waals surface area contributed by atoms with Crippen molar-refractivity contribution < 1.29 is 9.53 Å². The Bertz CT molecular complexity index is 291. The van der Waals surface area contributed by atoms with Gasteiger partial charge in [-0.25, -0.2) is 4.79 Å². The molecule has 0 saturated heterocycles. The van der Waals surface area contributed by atoms with Gasteiger partial charge in [0, 0.05) is 11.5 Å². The average Bonchev–Trinajstić information content (AvgIpc) is 2.91. The fourth-order valence-corrected chi connectivity index (χ4v) is 2.43. The lowest BCUT2D eigenvalue weighted by Gasteiger charge is -2.03. The van der Waals surface area contributed by atoms with Gasteiger partial charge in [0.15, 0.2) is 0 Å². The first-order valence-corrected chi connectivity index (χ1v) is 5.28. The summed E-state index contributed by atoms with van der Waals surface area (Å²) in [6, 6.07) is 0. The van der Waals surface area contributed by atoms with Crippen LogP contribution >= 0.6 is 0 Å². The third-order valence-electron chi connectivity index (χ3n) is 3.19. The molecule has 0 amide bonds.